The summed E-state index contributed by atoms with van der Waals surface area (Å²) < 4.78 is 17.7. The van der Waals surface area contributed by atoms with Gasteiger partial charge in [-0.05, 0) is 18.2 Å². The van der Waals surface area contributed by atoms with Gasteiger partial charge in [0.05, 0.1) is 18.4 Å². The number of esters is 1. The number of hydrogen-bond acceptors (Lipinski definition) is 4. The van der Waals surface area contributed by atoms with E-state index < -0.39 is 23.1 Å². The maximum atomic E-state index is 13.2. The number of H-pyrrole nitrogens is 1. The number of ether oxygens (including phenoxy) is 1. The van der Waals surface area contributed by atoms with Crippen molar-refractivity contribution in [2.24, 2.45) is 0 Å². The monoisotopic (exact) mass is 290 g/mol. The maximum Gasteiger partial charge on any atom is 0.340 e. The molecule has 0 bridgehead atoms. The Morgan fingerprint density at radius 2 is 2.00 bits per heavy atom. The van der Waals surface area contributed by atoms with Crippen molar-refractivity contribution in [3.63, 3.8) is 0 Å². The van der Waals surface area contributed by atoms with Crippen LogP contribution in [0.3, 0.4) is 0 Å². The van der Waals surface area contributed by atoms with E-state index >= 15 is 0 Å². The molecule has 6 nitrogen and oxygen atoms in total. The molecule has 1 aromatic carbocycles. The van der Waals surface area contributed by atoms with Crippen molar-refractivity contribution in [1.82, 2.24) is 4.98 Å². The lowest BCUT2D eigenvalue weighted by Crippen LogP contribution is -2.22. The minimum Gasteiger partial charge on any atom is -0.465 e. The highest BCUT2D eigenvalue weighted by Crippen LogP contribution is 2.18. The Hall–Kier alpha value is -2.96. The van der Waals surface area contributed by atoms with Crippen LogP contribution in [0.1, 0.15) is 20.7 Å². The summed E-state index contributed by atoms with van der Waals surface area (Å²) in [5, 5.41) is 2.38. The topological polar surface area (TPSA) is 88.3 Å². The molecule has 2 rings (SSSR count). The molecule has 0 saturated heterocycles. The van der Waals surface area contributed by atoms with Crippen LogP contribution >= 0.6 is 0 Å². The highest BCUT2D eigenvalue weighted by Gasteiger charge is 2.17. The summed E-state index contributed by atoms with van der Waals surface area (Å²) in [6.45, 7) is 0. The van der Waals surface area contributed by atoms with E-state index in [9.17, 15) is 18.8 Å². The van der Waals surface area contributed by atoms with Gasteiger partial charge in [-0.2, -0.15) is 0 Å². The normalized spacial score (nSPS) is 10.0. The third-order valence-electron chi connectivity index (χ3n) is 2.70. The van der Waals surface area contributed by atoms with E-state index in [1.807, 2.05) is 0 Å². The average molecular weight is 290 g/mol. The first-order valence-corrected chi connectivity index (χ1v) is 5.89. The first kappa shape index (κ1) is 14.4. The van der Waals surface area contributed by atoms with E-state index in [0.717, 1.165) is 19.2 Å². The van der Waals surface area contributed by atoms with E-state index in [0.29, 0.717) is 0 Å². The molecule has 7 heteroatoms. The maximum absolute atomic E-state index is 13.2. The zero-order chi connectivity index (χ0) is 15.4. The van der Waals surface area contributed by atoms with Gasteiger partial charge in [-0.1, -0.05) is 0 Å². The number of halogens is 1. The number of methoxy groups -OCH3 is 1. The van der Waals surface area contributed by atoms with Gasteiger partial charge in [-0.25, -0.2) is 9.18 Å². The van der Waals surface area contributed by atoms with Gasteiger partial charge in [-0.3, -0.25) is 9.59 Å². The van der Waals surface area contributed by atoms with Crippen molar-refractivity contribution < 1.29 is 18.7 Å². The first-order chi connectivity index (χ1) is 10.0. The van der Waals surface area contributed by atoms with Gasteiger partial charge in [0.2, 0.25) is 0 Å². The Balaban J connectivity index is 2.36. The van der Waals surface area contributed by atoms with Crippen molar-refractivity contribution in [2.45, 2.75) is 0 Å². The van der Waals surface area contributed by atoms with Crippen LogP contribution in [0.5, 0.6) is 0 Å². The molecule has 2 aromatic rings. The van der Waals surface area contributed by atoms with E-state index in [1.165, 1.54) is 24.5 Å². The van der Waals surface area contributed by atoms with Crippen LogP contribution in [0.4, 0.5) is 10.1 Å². The minimum absolute atomic E-state index is 0.0523. The van der Waals surface area contributed by atoms with Crippen LogP contribution in [-0.4, -0.2) is 24.0 Å². The molecule has 1 aromatic heterocycles. The van der Waals surface area contributed by atoms with Crippen molar-refractivity contribution >= 4 is 17.6 Å². The molecule has 0 unspecified atom stereocenters. The fourth-order valence-corrected chi connectivity index (χ4v) is 1.69. The number of amides is 1. The second-order valence-corrected chi connectivity index (χ2v) is 4.06. The minimum atomic E-state index is -0.799. The molecule has 0 aliphatic rings. The van der Waals surface area contributed by atoms with Crippen LogP contribution in [-0.2, 0) is 4.74 Å². The van der Waals surface area contributed by atoms with Crippen molar-refractivity contribution in [3.8, 4) is 0 Å². The molecule has 1 heterocycles. The summed E-state index contributed by atoms with van der Waals surface area (Å²) >= 11 is 0. The van der Waals surface area contributed by atoms with Gasteiger partial charge in [-0.15, -0.1) is 0 Å². The van der Waals surface area contributed by atoms with Crippen molar-refractivity contribution in [1.29, 1.82) is 0 Å². The highest BCUT2D eigenvalue weighted by atomic mass is 19.1. The van der Waals surface area contributed by atoms with E-state index in [4.69, 9.17) is 0 Å². The first-order valence-electron chi connectivity index (χ1n) is 5.89. The third-order valence-corrected chi connectivity index (χ3v) is 2.70. The van der Waals surface area contributed by atoms with E-state index in [1.54, 1.807) is 0 Å². The number of pyridine rings is 1. The zero-order valence-corrected chi connectivity index (χ0v) is 11.0. The number of rotatable bonds is 3. The number of aromatic amines is 1. The van der Waals surface area contributed by atoms with E-state index in [-0.39, 0.29) is 16.8 Å². The Morgan fingerprint density at radius 3 is 2.67 bits per heavy atom. The van der Waals surface area contributed by atoms with Gasteiger partial charge in [0.25, 0.3) is 5.91 Å². The molecule has 2 N–H and O–H groups in total. The quantitative estimate of drug-likeness (QED) is 0.839. The van der Waals surface area contributed by atoms with E-state index in [2.05, 4.69) is 15.0 Å². The molecule has 1 amide bonds. The molecule has 21 heavy (non-hydrogen) atoms. The Labute approximate surface area is 118 Å². The Morgan fingerprint density at radius 1 is 1.24 bits per heavy atom. The molecule has 0 spiro atoms. The summed E-state index contributed by atoms with van der Waals surface area (Å²) in [7, 11) is 1.14. The van der Waals surface area contributed by atoms with Gasteiger partial charge in [0, 0.05) is 18.5 Å². The van der Waals surface area contributed by atoms with Gasteiger partial charge in [0.15, 0.2) is 5.43 Å². The standard InChI is InChI=1S/C14H11FN2O4/c1-21-14(20)9-6-8(15)2-3-11(9)17-13(19)10-7-16-5-4-12(10)18/h2-7H,1H3,(H,16,18)(H,17,19). The molecule has 0 atom stereocenters. The van der Waals surface area contributed by atoms with Crippen molar-refractivity contribution in [2.75, 3.05) is 12.4 Å². The fraction of sp³-hybridized carbons (Fsp3) is 0.0714. The summed E-state index contributed by atoms with van der Waals surface area (Å²) in [5.41, 5.74) is -0.694. The molecule has 108 valence electrons. The summed E-state index contributed by atoms with van der Waals surface area (Å²) in [6.07, 6.45) is 2.62. The zero-order valence-electron chi connectivity index (χ0n) is 11.0. The highest BCUT2D eigenvalue weighted by molar-refractivity contribution is 6.07. The second kappa shape index (κ2) is 6.00. The van der Waals surface area contributed by atoms with Crippen LogP contribution < -0.4 is 10.7 Å². The number of benzene rings is 1. The van der Waals surface area contributed by atoms with Crippen LogP contribution in [0, 0.1) is 5.82 Å². The lowest BCUT2D eigenvalue weighted by atomic mass is 10.1. The summed E-state index contributed by atoms with van der Waals surface area (Å²) in [6, 6.07) is 4.44. The predicted molar refractivity (Wildman–Crippen MR) is 72.8 cm³/mol. The smallest absolute Gasteiger partial charge is 0.340 e. The van der Waals surface area contributed by atoms with Gasteiger partial charge >= 0.3 is 5.97 Å². The summed E-state index contributed by atoms with van der Waals surface area (Å²) in [4.78, 5) is 37.7. The number of carbonyl (C=O) groups excluding carboxylic acids is 2. The molecule has 0 fully saturated rings. The van der Waals surface area contributed by atoms with Crippen LogP contribution in [0.2, 0.25) is 0 Å². The molecule has 0 radical (unpaired) electrons. The molecule has 0 aliphatic carbocycles. The second-order valence-electron chi connectivity index (χ2n) is 4.06. The van der Waals surface area contributed by atoms with Gasteiger partial charge in [0.1, 0.15) is 11.4 Å². The van der Waals surface area contributed by atoms with Crippen LogP contribution in [0.15, 0.2) is 41.5 Å². The Bertz CT molecular complexity index is 755. The largest absolute Gasteiger partial charge is 0.465 e. The van der Waals surface area contributed by atoms with Gasteiger partial charge < -0.3 is 15.0 Å². The SMILES string of the molecule is COC(=O)c1cc(F)ccc1NC(=O)c1c[nH]ccc1=O. The number of hydrogen-bond donors (Lipinski definition) is 2. The number of nitrogens with one attached hydrogen (secondary N) is 2. The fourth-order valence-electron chi connectivity index (χ4n) is 1.69. The summed E-state index contributed by atoms with van der Waals surface area (Å²) in [5.74, 6) is -2.16. The third kappa shape index (κ3) is 3.14. The lowest BCUT2D eigenvalue weighted by Gasteiger charge is -2.09. The average Bonchev–Trinajstić information content (AvgIpc) is 2.48. The molecule has 0 aliphatic heterocycles. The number of aromatic nitrogens is 1. The number of anilines is 1. The lowest BCUT2D eigenvalue weighted by molar-refractivity contribution is 0.0601. The molecular weight excluding hydrogens is 279 g/mol. The predicted octanol–water partition coefficient (Wildman–Crippen LogP) is 1.55. The molecule has 0 saturated carbocycles. The number of carbonyl (C=O) groups is 2. The van der Waals surface area contributed by atoms with Crippen molar-refractivity contribution in [3.05, 3.63) is 63.8 Å². The molecular formula is C14H11FN2O4. The Kier molecular flexibility index (Phi) is 4.13. The van der Waals surface area contributed by atoms with Crippen LogP contribution in [0.25, 0.3) is 0 Å².